The van der Waals surface area contributed by atoms with Gasteiger partial charge in [0.1, 0.15) is 5.82 Å². The molecule has 0 aliphatic heterocycles. The predicted octanol–water partition coefficient (Wildman–Crippen LogP) is 2.22. The Bertz CT molecular complexity index is 676. The van der Waals surface area contributed by atoms with Crippen LogP contribution in [0.3, 0.4) is 0 Å². The fraction of sp³-hybridized carbons (Fsp3) is 0.333. The molecule has 1 aromatic carbocycles. The molecule has 106 valence electrons. The van der Waals surface area contributed by atoms with Gasteiger partial charge in [0.15, 0.2) is 0 Å². The van der Waals surface area contributed by atoms with Crippen LogP contribution in [0.15, 0.2) is 35.1 Å². The molecule has 2 rings (SSSR count). The third kappa shape index (κ3) is 2.99. The molecule has 0 amide bonds. The summed E-state index contributed by atoms with van der Waals surface area (Å²) < 4.78 is 0. The van der Waals surface area contributed by atoms with Crippen molar-refractivity contribution in [3.05, 3.63) is 40.7 Å². The van der Waals surface area contributed by atoms with Crippen LogP contribution in [-0.2, 0) is 4.79 Å². The minimum Gasteiger partial charge on any atom is -0.481 e. The van der Waals surface area contributed by atoms with E-state index in [1.165, 1.54) is 0 Å². The van der Waals surface area contributed by atoms with Crippen molar-refractivity contribution in [1.82, 2.24) is 4.98 Å². The number of carbonyl (C=O) groups is 1. The molecular formula is C15H18N2O3. The van der Waals surface area contributed by atoms with Gasteiger partial charge >= 0.3 is 5.97 Å². The highest BCUT2D eigenvalue weighted by atomic mass is 16.4. The van der Waals surface area contributed by atoms with Gasteiger partial charge in [-0.2, -0.15) is 0 Å². The van der Waals surface area contributed by atoms with E-state index in [4.69, 9.17) is 5.11 Å². The van der Waals surface area contributed by atoms with Crippen LogP contribution in [0, 0.1) is 0 Å². The number of hydrogen-bond donors (Lipinski definition) is 2. The smallest absolute Gasteiger partial charge is 0.305 e. The van der Waals surface area contributed by atoms with Gasteiger partial charge in [0.25, 0.3) is 5.56 Å². The largest absolute Gasteiger partial charge is 0.481 e. The van der Waals surface area contributed by atoms with Gasteiger partial charge < -0.3 is 15.0 Å². The van der Waals surface area contributed by atoms with E-state index in [2.05, 4.69) is 4.98 Å². The quantitative estimate of drug-likeness (QED) is 0.876. The molecule has 0 bridgehead atoms. The van der Waals surface area contributed by atoms with Gasteiger partial charge in [0, 0.05) is 18.0 Å². The summed E-state index contributed by atoms with van der Waals surface area (Å²) in [5, 5.41) is 10.3. The number of carboxylic acid groups (broad SMARTS) is 1. The minimum atomic E-state index is -0.848. The highest BCUT2D eigenvalue weighted by Crippen LogP contribution is 2.18. The number of nitrogens with zero attached hydrogens (tertiary/aromatic N) is 1. The van der Waals surface area contributed by atoms with Crippen LogP contribution in [0.2, 0.25) is 0 Å². The molecule has 0 atom stereocenters. The van der Waals surface area contributed by atoms with E-state index in [1.807, 2.05) is 43.0 Å². The Hall–Kier alpha value is -2.30. The molecule has 0 spiro atoms. The fourth-order valence-corrected chi connectivity index (χ4v) is 2.22. The molecule has 0 fully saturated rings. The normalized spacial score (nSPS) is 10.9. The van der Waals surface area contributed by atoms with Gasteiger partial charge in [0.05, 0.1) is 6.42 Å². The second-order valence-corrected chi connectivity index (χ2v) is 5.00. The molecular weight excluding hydrogens is 256 g/mol. The first-order valence-corrected chi connectivity index (χ1v) is 6.59. The zero-order valence-electron chi connectivity index (χ0n) is 11.6. The molecule has 1 aromatic heterocycles. The number of fused-ring (bicyclic) bond motifs is 1. The Morgan fingerprint density at radius 3 is 2.70 bits per heavy atom. The van der Waals surface area contributed by atoms with Crippen molar-refractivity contribution in [3.8, 4) is 0 Å². The summed E-state index contributed by atoms with van der Waals surface area (Å²) in [6, 6.07) is 9.34. The highest BCUT2D eigenvalue weighted by molar-refractivity contribution is 5.83. The molecule has 2 aromatic rings. The first-order valence-electron chi connectivity index (χ1n) is 6.59. The molecule has 0 radical (unpaired) electrons. The van der Waals surface area contributed by atoms with Crippen molar-refractivity contribution in [2.75, 3.05) is 11.4 Å². The number of H-pyrrole nitrogens is 1. The number of aromatic nitrogens is 1. The summed E-state index contributed by atoms with van der Waals surface area (Å²) >= 11 is 0. The number of aromatic amines is 1. The van der Waals surface area contributed by atoms with Gasteiger partial charge in [-0.15, -0.1) is 0 Å². The molecule has 5 nitrogen and oxygen atoms in total. The Morgan fingerprint density at radius 2 is 2.05 bits per heavy atom. The maximum Gasteiger partial charge on any atom is 0.305 e. The maximum atomic E-state index is 12.1. The molecule has 20 heavy (non-hydrogen) atoms. The van der Waals surface area contributed by atoms with Crippen LogP contribution in [0.1, 0.15) is 20.3 Å². The molecule has 0 aliphatic rings. The van der Waals surface area contributed by atoms with E-state index in [-0.39, 0.29) is 18.0 Å². The molecule has 5 heteroatoms. The Kier molecular flexibility index (Phi) is 4.08. The lowest BCUT2D eigenvalue weighted by Crippen LogP contribution is -2.34. The average molecular weight is 274 g/mol. The van der Waals surface area contributed by atoms with E-state index in [1.54, 1.807) is 6.07 Å². The molecule has 2 N–H and O–H groups in total. The van der Waals surface area contributed by atoms with Crippen molar-refractivity contribution in [3.63, 3.8) is 0 Å². The van der Waals surface area contributed by atoms with Crippen LogP contribution < -0.4 is 10.5 Å². The number of anilines is 1. The SMILES string of the molecule is CC(C)N(CCC(=O)O)c1cc2ccccc2c(=O)[nH]1. The summed E-state index contributed by atoms with van der Waals surface area (Å²) in [7, 11) is 0. The Labute approximate surface area is 116 Å². The minimum absolute atomic E-state index is 0.0348. The summed E-state index contributed by atoms with van der Waals surface area (Å²) in [5.41, 5.74) is -0.154. The van der Waals surface area contributed by atoms with Crippen molar-refractivity contribution in [2.24, 2.45) is 0 Å². The fourth-order valence-electron chi connectivity index (χ4n) is 2.22. The maximum absolute atomic E-state index is 12.1. The molecule has 1 heterocycles. The number of hydrogen-bond acceptors (Lipinski definition) is 3. The van der Waals surface area contributed by atoms with E-state index in [0.29, 0.717) is 17.7 Å². The van der Waals surface area contributed by atoms with Gasteiger partial charge in [-0.05, 0) is 31.4 Å². The van der Waals surface area contributed by atoms with E-state index < -0.39 is 5.97 Å². The lowest BCUT2D eigenvalue weighted by molar-refractivity contribution is -0.136. The zero-order chi connectivity index (χ0) is 14.7. The van der Waals surface area contributed by atoms with E-state index in [0.717, 1.165) is 5.39 Å². The van der Waals surface area contributed by atoms with E-state index in [9.17, 15) is 9.59 Å². The van der Waals surface area contributed by atoms with Crippen molar-refractivity contribution in [2.45, 2.75) is 26.3 Å². The summed E-state index contributed by atoms with van der Waals surface area (Å²) in [6.45, 7) is 4.30. The third-order valence-corrected chi connectivity index (χ3v) is 3.24. The number of benzene rings is 1. The van der Waals surface area contributed by atoms with Gasteiger partial charge in [-0.3, -0.25) is 9.59 Å². The Balaban J connectivity index is 2.43. The predicted molar refractivity (Wildman–Crippen MR) is 79.3 cm³/mol. The van der Waals surface area contributed by atoms with Crippen molar-refractivity contribution in [1.29, 1.82) is 0 Å². The number of pyridine rings is 1. The van der Waals surface area contributed by atoms with Crippen molar-refractivity contribution < 1.29 is 9.90 Å². The average Bonchev–Trinajstić information content (AvgIpc) is 2.38. The Morgan fingerprint density at radius 1 is 1.35 bits per heavy atom. The second-order valence-electron chi connectivity index (χ2n) is 5.00. The number of rotatable bonds is 5. The van der Waals surface area contributed by atoms with Crippen LogP contribution in [0.5, 0.6) is 0 Å². The summed E-state index contributed by atoms with van der Waals surface area (Å²) in [6.07, 6.45) is 0.0348. The third-order valence-electron chi connectivity index (χ3n) is 3.24. The van der Waals surface area contributed by atoms with Crippen LogP contribution in [0.4, 0.5) is 5.82 Å². The molecule has 0 saturated heterocycles. The molecule has 0 saturated carbocycles. The summed E-state index contributed by atoms with van der Waals surface area (Å²) in [5.74, 6) is -0.191. The summed E-state index contributed by atoms with van der Waals surface area (Å²) in [4.78, 5) is 27.5. The number of carboxylic acids is 1. The first kappa shape index (κ1) is 14.1. The number of aliphatic carboxylic acids is 1. The highest BCUT2D eigenvalue weighted by Gasteiger charge is 2.14. The van der Waals surface area contributed by atoms with Gasteiger partial charge in [-0.1, -0.05) is 18.2 Å². The van der Waals surface area contributed by atoms with Gasteiger partial charge in [-0.25, -0.2) is 0 Å². The van der Waals surface area contributed by atoms with Crippen molar-refractivity contribution >= 4 is 22.6 Å². The first-order chi connectivity index (χ1) is 9.49. The molecule has 0 unspecified atom stereocenters. The lowest BCUT2D eigenvalue weighted by Gasteiger charge is -2.28. The lowest BCUT2D eigenvalue weighted by atomic mass is 10.1. The zero-order valence-corrected chi connectivity index (χ0v) is 11.6. The molecule has 0 aliphatic carbocycles. The van der Waals surface area contributed by atoms with Crippen LogP contribution in [0.25, 0.3) is 10.8 Å². The number of nitrogens with one attached hydrogen (secondary N) is 1. The van der Waals surface area contributed by atoms with Crippen LogP contribution >= 0.6 is 0 Å². The van der Waals surface area contributed by atoms with Crippen LogP contribution in [-0.4, -0.2) is 28.6 Å². The van der Waals surface area contributed by atoms with E-state index >= 15 is 0 Å². The van der Waals surface area contributed by atoms with Gasteiger partial charge in [0.2, 0.25) is 0 Å². The topological polar surface area (TPSA) is 73.4 Å². The monoisotopic (exact) mass is 274 g/mol. The second kappa shape index (κ2) is 5.77. The standard InChI is InChI=1S/C15H18N2O3/c1-10(2)17(8-7-14(18)19)13-9-11-5-3-4-6-12(11)15(20)16-13/h3-6,9-10H,7-8H2,1-2H3,(H,16,20)(H,18,19).